The molecule has 0 aliphatic rings. The third-order valence-corrected chi connectivity index (χ3v) is 0. The Labute approximate surface area is 184 Å². The maximum atomic E-state index is 0. The Kier molecular flexibility index (Phi) is 136. The Bertz CT molecular complexity index is 4.85. The molecule has 0 spiro atoms. The molecule has 0 nitrogen and oxygen atoms in total. The number of hydrogen-bond acceptors (Lipinski definition) is 0. The van der Waals surface area contributed by atoms with Gasteiger partial charge in [0.15, 0.2) is 0 Å². The summed E-state index contributed by atoms with van der Waals surface area (Å²) in [5.41, 5.74) is 0. The summed E-state index contributed by atoms with van der Waals surface area (Å²) in [6, 6.07) is 0. The Morgan fingerprint density at radius 3 is 0.400 bits per heavy atom. The van der Waals surface area contributed by atoms with E-state index >= 15 is 0 Å². The van der Waals surface area contributed by atoms with Crippen LogP contribution < -0.4 is 0 Å². The molecule has 0 fully saturated rings. The van der Waals surface area contributed by atoms with Crippen LogP contribution >= 0.6 is 0 Å². The Morgan fingerprint density at radius 2 is 0.400 bits per heavy atom. The van der Waals surface area contributed by atoms with E-state index in [9.17, 15) is 0 Å². The van der Waals surface area contributed by atoms with Crippen molar-refractivity contribution in [1.82, 2.24) is 0 Å². The van der Waals surface area contributed by atoms with Crippen molar-refractivity contribution in [3.05, 3.63) is 0 Å². The molecule has 0 amide bonds. The van der Waals surface area contributed by atoms with Gasteiger partial charge < -0.3 is 0 Å². The molecule has 0 unspecified atom stereocenters. The second kappa shape index (κ2) is 22.4. The second-order valence-electron chi connectivity index (χ2n) is 0. The van der Waals surface area contributed by atoms with E-state index in [-0.39, 0.29) is 191 Å². The summed E-state index contributed by atoms with van der Waals surface area (Å²) in [6.45, 7) is 0. The predicted molar refractivity (Wildman–Crippen MR) is 35.7 cm³/mol. The van der Waals surface area contributed by atoms with Gasteiger partial charge >= 0.3 is 191 Å². The van der Waals surface area contributed by atoms with Crippen LogP contribution in [0.25, 0.3) is 0 Å². The third-order valence-electron chi connectivity index (χ3n) is 0. The number of hydrogen-bond donors (Lipinski definition) is 0. The van der Waals surface area contributed by atoms with Crippen molar-refractivity contribution >= 4 is 191 Å². The summed E-state index contributed by atoms with van der Waals surface area (Å²) < 4.78 is 0. The first-order valence-corrected chi connectivity index (χ1v) is 0. The van der Waals surface area contributed by atoms with Crippen molar-refractivity contribution in [1.29, 1.82) is 0 Å². The van der Waals surface area contributed by atoms with Gasteiger partial charge in [0.25, 0.3) is 0 Å². The first-order chi connectivity index (χ1) is 0. The minimum absolute atomic E-state index is 0. The van der Waals surface area contributed by atoms with Crippen LogP contribution in [-0.4, -0.2) is 191 Å². The summed E-state index contributed by atoms with van der Waals surface area (Å²) >= 11 is 0. The molecule has 0 atom stereocenters. The van der Waals surface area contributed by atoms with E-state index < -0.39 is 0 Å². The van der Waals surface area contributed by atoms with Gasteiger partial charge in [0.05, 0.1) is 0 Å². The van der Waals surface area contributed by atoms with E-state index in [1.807, 2.05) is 0 Å². The molecule has 5 heavy (non-hydrogen) atoms. The topological polar surface area (TPSA) is 0 Å². The summed E-state index contributed by atoms with van der Waals surface area (Å²) in [5, 5.41) is 0. The van der Waals surface area contributed by atoms with Crippen molar-refractivity contribution < 1.29 is 0 Å². The molecular weight excluding hydrogens is 147 g/mol. The van der Waals surface area contributed by atoms with Gasteiger partial charge in [-0.3, -0.25) is 0 Å². The van der Waals surface area contributed by atoms with Crippen molar-refractivity contribution in [2.75, 3.05) is 0 Å². The molecule has 0 bridgehead atoms. The minimum atomic E-state index is 0. The first kappa shape index (κ1) is 30.2. The first-order valence-electron chi connectivity index (χ1n) is 0. The van der Waals surface area contributed by atoms with Crippen LogP contribution in [0.15, 0.2) is 0 Å². The van der Waals surface area contributed by atoms with E-state index in [0.29, 0.717) is 0 Å². The molecule has 0 heterocycles. The summed E-state index contributed by atoms with van der Waals surface area (Å²) in [7, 11) is 0. The molecule has 5 heteroatoms. The van der Waals surface area contributed by atoms with E-state index in [1.54, 1.807) is 0 Å². The molecule has 0 aliphatic carbocycles. The van der Waals surface area contributed by atoms with Gasteiger partial charge in [0, 0.05) is 0 Å². The third kappa shape index (κ3) is 17.9. The monoisotopic (exact) mass is 152 g/mol. The SMILES string of the molecule is [KH].[KH].[NaH].[NaH].[NaH]. The number of rotatable bonds is 0. The normalized spacial score (nSPS) is 0. The molecule has 0 saturated carbocycles. The molecule has 0 aromatic rings. The van der Waals surface area contributed by atoms with Gasteiger partial charge in [0.2, 0.25) is 0 Å². The summed E-state index contributed by atoms with van der Waals surface area (Å²) in [5.74, 6) is 0. The zero-order chi connectivity index (χ0) is 0. The van der Waals surface area contributed by atoms with E-state index in [2.05, 4.69) is 0 Å². The fraction of sp³-hybridized carbons (Fsp3) is 0. The Hall–Kier alpha value is 6.27. The van der Waals surface area contributed by atoms with Crippen LogP contribution in [0.4, 0.5) is 0 Å². The average Bonchev–Trinajstić information content (AvgIpc) is 0. The standard InChI is InChI=1S/2K.3Na.5H. The van der Waals surface area contributed by atoms with Gasteiger partial charge in [-0.25, -0.2) is 0 Å². The van der Waals surface area contributed by atoms with Gasteiger partial charge in [-0.1, -0.05) is 0 Å². The van der Waals surface area contributed by atoms with Gasteiger partial charge in [-0.2, -0.15) is 0 Å². The molecule has 0 rings (SSSR count). The molecule has 0 N–H and O–H groups in total. The Morgan fingerprint density at radius 1 is 0.400 bits per heavy atom. The fourth-order valence-corrected chi connectivity index (χ4v) is 0. The summed E-state index contributed by atoms with van der Waals surface area (Å²) in [6.07, 6.45) is 0. The van der Waals surface area contributed by atoms with E-state index in [4.69, 9.17) is 0 Å². The van der Waals surface area contributed by atoms with Crippen LogP contribution in [0.1, 0.15) is 0 Å². The molecule has 0 aliphatic heterocycles. The van der Waals surface area contributed by atoms with Crippen LogP contribution in [0, 0.1) is 0 Å². The van der Waals surface area contributed by atoms with Crippen molar-refractivity contribution in [3.8, 4) is 0 Å². The van der Waals surface area contributed by atoms with Crippen LogP contribution in [0.2, 0.25) is 0 Å². The average molecular weight is 152 g/mol. The molecule has 0 aromatic carbocycles. The summed E-state index contributed by atoms with van der Waals surface area (Å²) in [4.78, 5) is 0. The second-order valence-corrected chi connectivity index (χ2v) is 0. The Balaban J connectivity index is 0. The van der Waals surface area contributed by atoms with Crippen molar-refractivity contribution in [2.45, 2.75) is 0 Å². The quantitative estimate of drug-likeness (QED) is 0.320. The van der Waals surface area contributed by atoms with Crippen LogP contribution in [0.5, 0.6) is 0 Å². The zero-order valence-electron chi connectivity index (χ0n) is 0. The molecule has 10 valence electrons. The van der Waals surface area contributed by atoms with Gasteiger partial charge in [-0.15, -0.1) is 0 Å². The maximum absolute atomic E-state index is 0. The van der Waals surface area contributed by atoms with Crippen LogP contribution in [0.3, 0.4) is 0 Å². The van der Waals surface area contributed by atoms with E-state index in [0.717, 1.165) is 0 Å². The molecule has 0 saturated heterocycles. The van der Waals surface area contributed by atoms with E-state index in [1.165, 1.54) is 0 Å². The molecular formula is H5K2Na3. The van der Waals surface area contributed by atoms with Crippen molar-refractivity contribution in [3.63, 3.8) is 0 Å². The molecule has 0 aromatic heterocycles. The fourth-order valence-electron chi connectivity index (χ4n) is 0. The van der Waals surface area contributed by atoms with Gasteiger partial charge in [-0.05, 0) is 0 Å². The zero-order valence-corrected chi connectivity index (χ0v) is 0. The van der Waals surface area contributed by atoms with Gasteiger partial charge in [0.1, 0.15) is 0 Å². The predicted octanol–water partition coefficient (Wildman–Crippen LogP) is -3.24. The molecule has 0 radical (unpaired) electrons. The van der Waals surface area contributed by atoms with Crippen molar-refractivity contribution in [2.24, 2.45) is 0 Å². The van der Waals surface area contributed by atoms with Crippen LogP contribution in [-0.2, 0) is 0 Å².